The molecule has 82 valence electrons. The molecule has 1 aliphatic rings. The number of hydrogen-bond donors (Lipinski definition) is 1. The maximum absolute atomic E-state index is 13.6. The third-order valence-electron chi connectivity index (χ3n) is 3.31. The van der Waals surface area contributed by atoms with E-state index in [1.54, 1.807) is 18.2 Å². The third kappa shape index (κ3) is 2.20. The Bertz CT molecular complexity index is 327. The molecule has 1 aromatic carbocycles. The standard InChI is InChI=1S/C13H17FO/c14-12-8-4-3-7-11(12)13(15)9-5-1-2-6-10-13/h3-4,7-8,15H,1-2,5-6,9-10H2. The van der Waals surface area contributed by atoms with E-state index in [1.165, 1.54) is 6.07 Å². The first-order valence-electron chi connectivity index (χ1n) is 5.70. The van der Waals surface area contributed by atoms with Gasteiger partial charge in [0.05, 0.1) is 5.60 Å². The molecule has 0 amide bonds. The van der Waals surface area contributed by atoms with Crippen molar-refractivity contribution in [2.45, 2.75) is 44.1 Å². The molecule has 0 spiro atoms. The quantitative estimate of drug-likeness (QED) is 0.701. The summed E-state index contributed by atoms with van der Waals surface area (Å²) in [6.07, 6.45) is 5.66. The fourth-order valence-corrected chi connectivity index (χ4v) is 2.42. The summed E-state index contributed by atoms with van der Waals surface area (Å²) in [6.45, 7) is 0. The Labute approximate surface area is 89.9 Å². The van der Waals surface area contributed by atoms with Crippen LogP contribution in [-0.2, 0) is 5.60 Å². The lowest BCUT2D eigenvalue weighted by Crippen LogP contribution is -2.25. The van der Waals surface area contributed by atoms with Gasteiger partial charge in [-0.05, 0) is 18.9 Å². The molecule has 1 saturated carbocycles. The van der Waals surface area contributed by atoms with Gasteiger partial charge in [-0.2, -0.15) is 0 Å². The minimum Gasteiger partial charge on any atom is -0.385 e. The molecule has 0 aromatic heterocycles. The SMILES string of the molecule is OC1(c2ccccc2F)CCCCCC1. The van der Waals surface area contributed by atoms with E-state index in [0.29, 0.717) is 18.4 Å². The molecule has 1 aliphatic carbocycles. The zero-order valence-electron chi connectivity index (χ0n) is 8.88. The molecule has 0 atom stereocenters. The van der Waals surface area contributed by atoms with Crippen LogP contribution in [0.5, 0.6) is 0 Å². The van der Waals surface area contributed by atoms with Crippen molar-refractivity contribution in [3.63, 3.8) is 0 Å². The molecule has 1 fully saturated rings. The smallest absolute Gasteiger partial charge is 0.129 e. The van der Waals surface area contributed by atoms with E-state index in [9.17, 15) is 9.50 Å². The second-order valence-corrected chi connectivity index (χ2v) is 4.43. The second-order valence-electron chi connectivity index (χ2n) is 4.43. The van der Waals surface area contributed by atoms with Crippen LogP contribution in [0.25, 0.3) is 0 Å². The van der Waals surface area contributed by atoms with Gasteiger partial charge in [-0.1, -0.05) is 43.9 Å². The van der Waals surface area contributed by atoms with Crippen molar-refractivity contribution in [3.05, 3.63) is 35.6 Å². The van der Waals surface area contributed by atoms with E-state index in [-0.39, 0.29) is 5.82 Å². The van der Waals surface area contributed by atoms with Gasteiger partial charge >= 0.3 is 0 Å². The van der Waals surface area contributed by atoms with Gasteiger partial charge in [0, 0.05) is 5.56 Å². The van der Waals surface area contributed by atoms with Crippen molar-refractivity contribution >= 4 is 0 Å². The lowest BCUT2D eigenvalue weighted by atomic mass is 9.86. The highest BCUT2D eigenvalue weighted by atomic mass is 19.1. The van der Waals surface area contributed by atoms with Gasteiger partial charge in [0.2, 0.25) is 0 Å². The van der Waals surface area contributed by atoms with Crippen molar-refractivity contribution in [2.24, 2.45) is 0 Å². The molecule has 2 heteroatoms. The molecule has 0 radical (unpaired) electrons. The van der Waals surface area contributed by atoms with Crippen molar-refractivity contribution < 1.29 is 9.50 Å². The van der Waals surface area contributed by atoms with Gasteiger partial charge < -0.3 is 5.11 Å². The molecule has 0 aliphatic heterocycles. The first-order valence-corrected chi connectivity index (χ1v) is 5.70. The summed E-state index contributed by atoms with van der Waals surface area (Å²) in [5, 5.41) is 10.5. The Kier molecular flexibility index (Phi) is 3.06. The Balaban J connectivity index is 2.30. The predicted octanol–water partition coefficient (Wildman–Crippen LogP) is 3.37. The van der Waals surface area contributed by atoms with E-state index < -0.39 is 5.60 Å². The first-order chi connectivity index (χ1) is 7.22. The second kappa shape index (κ2) is 4.31. The van der Waals surface area contributed by atoms with E-state index in [2.05, 4.69) is 0 Å². The molecule has 1 N–H and O–H groups in total. The van der Waals surface area contributed by atoms with Crippen LogP contribution in [0, 0.1) is 5.82 Å². The van der Waals surface area contributed by atoms with E-state index in [0.717, 1.165) is 25.7 Å². The minimum absolute atomic E-state index is 0.276. The highest BCUT2D eigenvalue weighted by Gasteiger charge is 2.32. The van der Waals surface area contributed by atoms with Gasteiger partial charge in [-0.3, -0.25) is 0 Å². The first kappa shape index (κ1) is 10.6. The summed E-state index contributed by atoms with van der Waals surface area (Å²) in [7, 11) is 0. The molecular formula is C13H17FO. The van der Waals surface area contributed by atoms with Gasteiger partial charge in [0.15, 0.2) is 0 Å². The molecule has 0 unspecified atom stereocenters. The third-order valence-corrected chi connectivity index (χ3v) is 3.31. The van der Waals surface area contributed by atoms with Crippen LogP contribution >= 0.6 is 0 Å². The van der Waals surface area contributed by atoms with Crippen LogP contribution in [0.4, 0.5) is 4.39 Å². The number of halogens is 1. The molecule has 0 saturated heterocycles. The molecule has 0 bridgehead atoms. The molecule has 0 heterocycles. The fraction of sp³-hybridized carbons (Fsp3) is 0.538. The Morgan fingerprint density at radius 2 is 1.60 bits per heavy atom. The molecule has 1 nitrogen and oxygen atoms in total. The Morgan fingerprint density at radius 1 is 1.00 bits per heavy atom. The van der Waals surface area contributed by atoms with Crippen molar-refractivity contribution in [2.75, 3.05) is 0 Å². The van der Waals surface area contributed by atoms with Crippen molar-refractivity contribution in [3.8, 4) is 0 Å². The van der Waals surface area contributed by atoms with Crippen LogP contribution in [0.1, 0.15) is 44.1 Å². The normalized spacial score (nSPS) is 20.9. The van der Waals surface area contributed by atoms with Crippen LogP contribution in [0.15, 0.2) is 24.3 Å². The molecular weight excluding hydrogens is 191 g/mol. The van der Waals surface area contributed by atoms with Gasteiger partial charge in [-0.25, -0.2) is 4.39 Å². The van der Waals surface area contributed by atoms with Crippen molar-refractivity contribution in [1.29, 1.82) is 0 Å². The zero-order chi connectivity index (χ0) is 10.7. The topological polar surface area (TPSA) is 20.2 Å². The predicted molar refractivity (Wildman–Crippen MR) is 58.0 cm³/mol. The van der Waals surface area contributed by atoms with Crippen LogP contribution < -0.4 is 0 Å². The van der Waals surface area contributed by atoms with Crippen LogP contribution in [0.2, 0.25) is 0 Å². The van der Waals surface area contributed by atoms with Crippen molar-refractivity contribution in [1.82, 2.24) is 0 Å². The summed E-state index contributed by atoms with van der Waals surface area (Å²) in [5.74, 6) is -0.276. The Hall–Kier alpha value is -0.890. The monoisotopic (exact) mass is 208 g/mol. The summed E-state index contributed by atoms with van der Waals surface area (Å²) >= 11 is 0. The zero-order valence-corrected chi connectivity index (χ0v) is 8.88. The largest absolute Gasteiger partial charge is 0.385 e. The minimum atomic E-state index is -0.929. The average molecular weight is 208 g/mol. The maximum Gasteiger partial charge on any atom is 0.129 e. The number of benzene rings is 1. The highest BCUT2D eigenvalue weighted by Crippen LogP contribution is 2.36. The molecule has 2 rings (SSSR count). The van der Waals surface area contributed by atoms with Crippen LogP contribution in [-0.4, -0.2) is 5.11 Å². The van der Waals surface area contributed by atoms with Gasteiger partial charge in [-0.15, -0.1) is 0 Å². The lowest BCUT2D eigenvalue weighted by molar-refractivity contribution is 0.0173. The molecule has 1 aromatic rings. The number of hydrogen-bond acceptors (Lipinski definition) is 1. The van der Waals surface area contributed by atoms with E-state index in [1.807, 2.05) is 0 Å². The average Bonchev–Trinajstić information content (AvgIpc) is 2.44. The van der Waals surface area contributed by atoms with E-state index >= 15 is 0 Å². The lowest BCUT2D eigenvalue weighted by Gasteiger charge is -2.27. The summed E-state index contributed by atoms with van der Waals surface area (Å²) in [6, 6.07) is 6.60. The number of aliphatic hydroxyl groups is 1. The van der Waals surface area contributed by atoms with Crippen LogP contribution in [0.3, 0.4) is 0 Å². The summed E-state index contributed by atoms with van der Waals surface area (Å²) < 4.78 is 13.6. The van der Waals surface area contributed by atoms with Gasteiger partial charge in [0.25, 0.3) is 0 Å². The van der Waals surface area contributed by atoms with Gasteiger partial charge in [0.1, 0.15) is 5.82 Å². The fourth-order valence-electron chi connectivity index (χ4n) is 2.42. The maximum atomic E-state index is 13.6. The molecule has 15 heavy (non-hydrogen) atoms. The highest BCUT2D eigenvalue weighted by molar-refractivity contribution is 5.24. The number of rotatable bonds is 1. The van der Waals surface area contributed by atoms with E-state index in [4.69, 9.17) is 0 Å². The summed E-state index contributed by atoms with van der Waals surface area (Å²) in [4.78, 5) is 0. The Morgan fingerprint density at radius 3 is 2.20 bits per heavy atom. The summed E-state index contributed by atoms with van der Waals surface area (Å²) in [5.41, 5.74) is -0.450.